The molecule has 1 aromatic heterocycles. The van der Waals surface area contributed by atoms with E-state index in [9.17, 15) is 29.5 Å². The summed E-state index contributed by atoms with van der Waals surface area (Å²) in [5, 5.41) is 31.0. The fourth-order valence-corrected chi connectivity index (χ4v) is 6.62. The summed E-state index contributed by atoms with van der Waals surface area (Å²) in [4.78, 5) is 28.3. The molecular weight excluding hydrogens is 575 g/mol. The minimum atomic E-state index is -3.92. The lowest BCUT2D eigenvalue weighted by Crippen LogP contribution is -2.46. The predicted molar refractivity (Wildman–Crippen MR) is 157 cm³/mol. The van der Waals surface area contributed by atoms with E-state index in [0.717, 1.165) is 54.9 Å². The maximum atomic E-state index is 13.9. The molecule has 1 saturated heterocycles. The summed E-state index contributed by atoms with van der Waals surface area (Å²) in [5.41, 5.74) is 1.97. The van der Waals surface area contributed by atoms with Gasteiger partial charge in [0.25, 0.3) is 0 Å². The molecule has 0 aromatic carbocycles. The van der Waals surface area contributed by atoms with Crippen molar-refractivity contribution in [2.45, 2.75) is 90.3 Å². The highest BCUT2D eigenvalue weighted by atomic mass is 32.2. The van der Waals surface area contributed by atoms with Gasteiger partial charge in [0.2, 0.25) is 0 Å². The summed E-state index contributed by atoms with van der Waals surface area (Å²) >= 11 is 0.969. The number of hydrogen-bond acceptors (Lipinski definition) is 12. The van der Waals surface area contributed by atoms with Crippen LogP contribution in [0.2, 0.25) is 0 Å². The summed E-state index contributed by atoms with van der Waals surface area (Å²) in [6.45, 7) is 6.37. The Morgan fingerprint density at radius 3 is 2.59 bits per heavy atom. The minimum Gasteiger partial charge on any atom is -0.395 e. The van der Waals surface area contributed by atoms with Crippen LogP contribution in [0.25, 0.3) is 0 Å². The maximum Gasteiger partial charge on any atom is 0.408 e. The molecule has 41 heavy (non-hydrogen) atoms. The quantitative estimate of drug-likeness (QED) is 0.138. The number of carbonyl (C=O) groups excluding carboxylic acids is 1. The lowest BCUT2D eigenvalue weighted by atomic mass is 9.96. The molecule has 1 aromatic rings. The van der Waals surface area contributed by atoms with Gasteiger partial charge in [-0.05, 0) is 40.3 Å². The first-order valence-corrected chi connectivity index (χ1v) is 16.5. The lowest BCUT2D eigenvalue weighted by Gasteiger charge is -2.29. The summed E-state index contributed by atoms with van der Waals surface area (Å²) in [5.74, 6) is 0.183. The van der Waals surface area contributed by atoms with E-state index < -0.39 is 49.5 Å². The second-order valence-corrected chi connectivity index (χ2v) is 14.4. The number of unbranched alkanes of at least 4 members (excludes halogenated alkanes) is 5. The molecule has 0 saturated carbocycles. The molecule has 13 nitrogen and oxygen atoms in total. The first kappa shape index (κ1) is 35.8. The number of carbonyl (C=O) groups is 1. The van der Waals surface area contributed by atoms with Crippen molar-refractivity contribution >= 4 is 30.4 Å². The normalized spacial score (nSPS) is 24.6. The molecule has 1 aliphatic rings. The fourth-order valence-electron chi connectivity index (χ4n) is 4.17. The number of anilines is 1. The number of thioether (sulfide) groups is 1. The highest BCUT2D eigenvalue weighted by Crippen LogP contribution is 2.52. The summed E-state index contributed by atoms with van der Waals surface area (Å²) < 4.78 is 33.7. The van der Waals surface area contributed by atoms with Crippen LogP contribution in [0.15, 0.2) is 17.1 Å². The zero-order valence-electron chi connectivity index (χ0n) is 24.7. The van der Waals surface area contributed by atoms with Gasteiger partial charge in [-0.25, -0.2) is 14.0 Å². The fraction of sp³-hybridized carbons (Fsp3) is 0.808. The van der Waals surface area contributed by atoms with Crippen LogP contribution >= 0.6 is 19.5 Å². The highest BCUT2D eigenvalue weighted by molar-refractivity contribution is 8.13. The number of aromatic nitrogens is 2. The van der Waals surface area contributed by atoms with Gasteiger partial charge in [0, 0.05) is 18.5 Å². The number of hydrogen-bond donors (Lipinski definition) is 4. The molecule has 0 radical (unpaired) electrons. The summed E-state index contributed by atoms with van der Waals surface area (Å²) in [6, 6.07) is 1.36. The molecule has 1 aliphatic heterocycles. The Bertz CT molecular complexity index is 1090. The number of nitrogens with zero attached hydrogens (tertiary/aromatic N) is 3. The second-order valence-electron chi connectivity index (χ2n) is 11.2. The van der Waals surface area contributed by atoms with Crippen molar-refractivity contribution in [1.29, 1.82) is 0 Å². The van der Waals surface area contributed by atoms with Gasteiger partial charge in [-0.2, -0.15) is 4.98 Å². The van der Waals surface area contributed by atoms with Crippen LogP contribution in [-0.4, -0.2) is 91.6 Å². The Morgan fingerprint density at radius 1 is 1.29 bits per heavy atom. The van der Waals surface area contributed by atoms with Gasteiger partial charge in [0.1, 0.15) is 23.6 Å². The van der Waals surface area contributed by atoms with E-state index in [0.29, 0.717) is 6.54 Å². The summed E-state index contributed by atoms with van der Waals surface area (Å²) in [6.07, 6.45) is 3.56. The van der Waals surface area contributed by atoms with E-state index in [-0.39, 0.29) is 29.9 Å². The Kier molecular flexibility index (Phi) is 13.9. The molecule has 15 heteroatoms. The van der Waals surface area contributed by atoms with Crippen LogP contribution in [0, 0.1) is 5.41 Å². The average molecular weight is 623 g/mol. The third-order valence-corrected chi connectivity index (χ3v) is 10.2. The minimum absolute atomic E-state index is 0.00408. The average Bonchev–Trinajstić information content (AvgIpc) is 3.15. The van der Waals surface area contributed by atoms with Crippen LogP contribution in [-0.2, 0) is 23.1 Å². The van der Waals surface area contributed by atoms with Gasteiger partial charge in [0.15, 0.2) is 11.3 Å². The van der Waals surface area contributed by atoms with E-state index in [2.05, 4.69) is 11.9 Å². The zero-order valence-corrected chi connectivity index (χ0v) is 26.4. The largest absolute Gasteiger partial charge is 0.408 e. The highest BCUT2D eigenvalue weighted by Gasteiger charge is 2.54. The number of aliphatic hydroxyl groups is 3. The molecular formula is C26H47N4O9PS. The van der Waals surface area contributed by atoms with Gasteiger partial charge in [-0.3, -0.25) is 18.4 Å². The van der Waals surface area contributed by atoms with Crippen LogP contribution < -0.4 is 11.4 Å². The third kappa shape index (κ3) is 9.84. The Labute approximate surface area is 246 Å². The molecule has 3 unspecified atom stereocenters. The first-order valence-electron chi connectivity index (χ1n) is 14.0. The van der Waals surface area contributed by atoms with Crippen molar-refractivity contribution in [3.8, 4) is 0 Å². The van der Waals surface area contributed by atoms with Crippen molar-refractivity contribution in [3.05, 3.63) is 22.7 Å². The molecule has 0 aliphatic carbocycles. The molecule has 2 rings (SSSR count). The zero-order chi connectivity index (χ0) is 30.8. The van der Waals surface area contributed by atoms with Crippen molar-refractivity contribution in [2.75, 3.05) is 44.9 Å². The molecule has 0 bridgehead atoms. The maximum absolute atomic E-state index is 13.9. The molecule has 1 fully saturated rings. The SMILES string of the molecule is CCCCCCCCN(C)P(=O)(OCCSC(=O)C(C)(C)CO)OC[C@H]1O[C@@H](n2ccc(N)nc2=O)C(C)(O)C1O. The Hall–Kier alpha value is -1.35. The van der Waals surface area contributed by atoms with Gasteiger partial charge in [-0.15, -0.1) is 0 Å². The molecule has 0 spiro atoms. The van der Waals surface area contributed by atoms with E-state index in [1.807, 2.05) is 0 Å². The smallest absolute Gasteiger partial charge is 0.395 e. The third-order valence-electron chi connectivity index (χ3n) is 7.03. The second kappa shape index (κ2) is 15.9. The number of nitrogens with two attached hydrogens (primary N) is 1. The van der Waals surface area contributed by atoms with Crippen LogP contribution in [0.1, 0.15) is 72.4 Å². The standard InChI is InChI=1S/C26H47N4O9PS/c1-6-7-8-9-10-11-13-29(5)40(36,37-15-16-41-23(33)25(2,3)18-31)38-17-19-21(32)26(4,35)22(39-19)30-14-12-20(27)28-24(30)34/h12,14,19,21-22,31-32,35H,6-11,13,15-18H2,1-5H3,(H2,27,28,34)/t19-,21?,22-,26?,40?/m1/s1. The van der Waals surface area contributed by atoms with Crippen LogP contribution in [0.3, 0.4) is 0 Å². The number of nitrogen functional groups attached to an aromatic ring is 1. The topological polar surface area (TPSA) is 187 Å². The monoisotopic (exact) mass is 622 g/mol. The van der Waals surface area contributed by atoms with Crippen molar-refractivity contribution < 1.29 is 38.5 Å². The van der Waals surface area contributed by atoms with Crippen molar-refractivity contribution in [2.24, 2.45) is 5.41 Å². The van der Waals surface area contributed by atoms with Gasteiger partial charge < -0.3 is 25.8 Å². The molecule has 5 N–H and O–H groups in total. The Morgan fingerprint density at radius 2 is 1.95 bits per heavy atom. The van der Waals surface area contributed by atoms with Crippen LogP contribution in [0.5, 0.6) is 0 Å². The van der Waals surface area contributed by atoms with Crippen molar-refractivity contribution in [3.63, 3.8) is 0 Å². The Balaban J connectivity index is 2.09. The predicted octanol–water partition coefficient (Wildman–Crippen LogP) is 2.55. The van der Waals surface area contributed by atoms with E-state index in [1.54, 1.807) is 20.9 Å². The number of aliphatic hydroxyl groups excluding tert-OH is 2. The van der Waals surface area contributed by atoms with Gasteiger partial charge >= 0.3 is 13.4 Å². The van der Waals surface area contributed by atoms with E-state index in [4.69, 9.17) is 19.5 Å². The molecule has 5 atom stereocenters. The number of rotatable bonds is 18. The lowest BCUT2D eigenvalue weighted by molar-refractivity contribution is -0.119. The summed E-state index contributed by atoms with van der Waals surface area (Å²) in [7, 11) is -2.30. The van der Waals surface area contributed by atoms with E-state index in [1.165, 1.54) is 23.9 Å². The molecule has 2 heterocycles. The molecule has 0 amide bonds. The van der Waals surface area contributed by atoms with E-state index >= 15 is 0 Å². The molecule has 236 valence electrons. The van der Waals surface area contributed by atoms with Crippen LogP contribution in [0.4, 0.5) is 5.82 Å². The van der Waals surface area contributed by atoms with Gasteiger partial charge in [0.05, 0.1) is 25.2 Å². The van der Waals surface area contributed by atoms with Gasteiger partial charge in [-0.1, -0.05) is 50.8 Å². The number of ether oxygens (including phenoxy) is 1. The first-order chi connectivity index (χ1) is 19.2. The van der Waals surface area contributed by atoms with Crippen molar-refractivity contribution in [1.82, 2.24) is 14.2 Å².